The molecule has 0 aliphatic heterocycles. The van der Waals surface area contributed by atoms with E-state index in [0.717, 1.165) is 0 Å². The van der Waals surface area contributed by atoms with Gasteiger partial charge in [0.15, 0.2) is 11.6 Å². The molecule has 0 aliphatic rings. The van der Waals surface area contributed by atoms with Crippen LogP contribution in [-0.4, -0.2) is 12.9 Å². The van der Waals surface area contributed by atoms with Gasteiger partial charge in [0.05, 0.1) is 7.11 Å². The summed E-state index contributed by atoms with van der Waals surface area (Å²) in [7, 11) is 1.57. The predicted octanol–water partition coefficient (Wildman–Crippen LogP) is 3.33. The molecule has 0 fully saturated rings. The topological polar surface area (TPSA) is 68.3 Å². The normalized spacial score (nSPS) is 9.50. The van der Waals surface area contributed by atoms with Gasteiger partial charge in [0.25, 0.3) is 0 Å². The minimum atomic E-state index is -0.566. The lowest BCUT2D eigenvalue weighted by Crippen LogP contribution is -2.11. The van der Waals surface area contributed by atoms with Crippen molar-refractivity contribution in [3.8, 4) is 17.2 Å². The van der Waals surface area contributed by atoms with E-state index in [9.17, 15) is 4.39 Å². The molecular formula is C14H14ClFN2O2. The zero-order valence-electron chi connectivity index (χ0n) is 10.7. The Bertz CT molecular complexity index is 603. The second-order valence-electron chi connectivity index (χ2n) is 3.84. The van der Waals surface area contributed by atoms with E-state index < -0.39 is 5.82 Å². The number of nitrogens with two attached hydrogens (primary N) is 1. The molecular weight excluding hydrogens is 283 g/mol. The zero-order valence-corrected chi connectivity index (χ0v) is 11.5. The Morgan fingerprint density at radius 1 is 1.10 bits per heavy atom. The number of amidine groups is 1. The highest BCUT2D eigenvalue weighted by atomic mass is 35.5. The number of nitrogen functional groups attached to an aromatic ring is 1. The average Bonchev–Trinajstić information content (AvgIpc) is 2.41. The van der Waals surface area contributed by atoms with Crippen molar-refractivity contribution in [2.75, 3.05) is 7.11 Å². The highest BCUT2D eigenvalue weighted by Gasteiger charge is 2.07. The van der Waals surface area contributed by atoms with Crippen LogP contribution in [0.4, 0.5) is 4.39 Å². The van der Waals surface area contributed by atoms with Gasteiger partial charge in [-0.2, -0.15) is 0 Å². The van der Waals surface area contributed by atoms with E-state index in [2.05, 4.69) is 0 Å². The molecule has 0 heterocycles. The second kappa shape index (κ2) is 6.77. The average molecular weight is 297 g/mol. The maximum absolute atomic E-state index is 13.7. The first kappa shape index (κ1) is 15.8. The van der Waals surface area contributed by atoms with Crippen LogP contribution in [0.25, 0.3) is 0 Å². The minimum Gasteiger partial charge on any atom is -0.497 e. The van der Waals surface area contributed by atoms with Crippen molar-refractivity contribution in [2.24, 2.45) is 5.73 Å². The number of ether oxygens (including phenoxy) is 2. The van der Waals surface area contributed by atoms with Gasteiger partial charge in [-0.1, -0.05) is 0 Å². The highest BCUT2D eigenvalue weighted by molar-refractivity contribution is 5.95. The minimum absolute atomic E-state index is 0. The summed E-state index contributed by atoms with van der Waals surface area (Å²) in [5.74, 6) is 0.517. The summed E-state index contributed by atoms with van der Waals surface area (Å²) in [6.07, 6.45) is 0. The van der Waals surface area contributed by atoms with Crippen LogP contribution >= 0.6 is 12.4 Å². The van der Waals surface area contributed by atoms with Crippen molar-refractivity contribution in [3.05, 3.63) is 53.8 Å². The Morgan fingerprint density at radius 3 is 2.20 bits per heavy atom. The molecule has 0 aromatic heterocycles. The van der Waals surface area contributed by atoms with Gasteiger partial charge in [-0.3, -0.25) is 5.41 Å². The first-order valence-corrected chi connectivity index (χ1v) is 5.56. The van der Waals surface area contributed by atoms with Crippen LogP contribution in [0.5, 0.6) is 17.2 Å². The third-order valence-corrected chi connectivity index (χ3v) is 2.53. The molecule has 0 amide bonds. The molecule has 6 heteroatoms. The van der Waals surface area contributed by atoms with Crippen LogP contribution in [0.15, 0.2) is 42.5 Å². The van der Waals surface area contributed by atoms with Crippen molar-refractivity contribution >= 4 is 18.2 Å². The van der Waals surface area contributed by atoms with E-state index in [1.807, 2.05) is 0 Å². The molecule has 4 nitrogen and oxygen atoms in total. The van der Waals surface area contributed by atoms with Crippen LogP contribution in [0.3, 0.4) is 0 Å². The summed E-state index contributed by atoms with van der Waals surface area (Å²) in [5.41, 5.74) is 5.60. The summed E-state index contributed by atoms with van der Waals surface area (Å²) in [6, 6.07) is 10.9. The van der Waals surface area contributed by atoms with Crippen molar-refractivity contribution in [3.63, 3.8) is 0 Å². The molecule has 2 aromatic carbocycles. The third kappa shape index (κ3) is 3.61. The van der Waals surface area contributed by atoms with E-state index in [1.54, 1.807) is 31.4 Å². The molecule has 3 N–H and O–H groups in total. The smallest absolute Gasteiger partial charge is 0.166 e. The number of benzene rings is 2. The number of halogens is 2. The third-order valence-electron chi connectivity index (χ3n) is 2.53. The van der Waals surface area contributed by atoms with Gasteiger partial charge >= 0.3 is 0 Å². The van der Waals surface area contributed by atoms with Crippen LogP contribution < -0.4 is 15.2 Å². The fourth-order valence-corrected chi connectivity index (χ4v) is 1.52. The molecule has 0 unspecified atom stereocenters. The van der Waals surface area contributed by atoms with Gasteiger partial charge in [0, 0.05) is 5.56 Å². The number of hydrogen-bond donors (Lipinski definition) is 2. The number of hydrogen-bond acceptors (Lipinski definition) is 3. The lowest BCUT2D eigenvalue weighted by molar-refractivity contribution is 0.411. The van der Waals surface area contributed by atoms with Gasteiger partial charge in [-0.25, -0.2) is 4.39 Å². The van der Waals surface area contributed by atoms with Crippen molar-refractivity contribution in [2.45, 2.75) is 0 Å². The molecule has 2 rings (SSSR count). The van der Waals surface area contributed by atoms with Gasteiger partial charge in [0.1, 0.15) is 17.3 Å². The lowest BCUT2D eigenvalue weighted by Gasteiger charge is -2.08. The van der Waals surface area contributed by atoms with Crippen LogP contribution in [-0.2, 0) is 0 Å². The Labute approximate surface area is 122 Å². The van der Waals surface area contributed by atoms with Gasteiger partial charge in [-0.15, -0.1) is 12.4 Å². The van der Waals surface area contributed by atoms with E-state index in [-0.39, 0.29) is 24.0 Å². The molecule has 0 saturated heterocycles. The number of rotatable bonds is 4. The van der Waals surface area contributed by atoms with Crippen molar-refractivity contribution in [1.29, 1.82) is 5.41 Å². The molecule has 0 saturated carbocycles. The Balaban J connectivity index is 0.00000200. The van der Waals surface area contributed by atoms with Crippen LogP contribution in [0.2, 0.25) is 0 Å². The maximum atomic E-state index is 13.7. The highest BCUT2D eigenvalue weighted by Crippen LogP contribution is 2.26. The Morgan fingerprint density at radius 2 is 1.70 bits per heavy atom. The van der Waals surface area contributed by atoms with Crippen LogP contribution in [0.1, 0.15) is 5.56 Å². The number of methoxy groups -OCH3 is 1. The summed E-state index contributed by atoms with van der Waals surface area (Å²) in [5, 5.41) is 7.22. The fourth-order valence-electron chi connectivity index (χ4n) is 1.52. The quantitative estimate of drug-likeness (QED) is 0.671. The molecule has 2 aromatic rings. The molecule has 0 spiro atoms. The van der Waals surface area contributed by atoms with Gasteiger partial charge in [-0.05, 0) is 42.5 Å². The SMILES string of the molecule is COc1ccc(Oc2ccc(C(=N)N)cc2F)cc1.Cl. The zero-order chi connectivity index (χ0) is 13.8. The summed E-state index contributed by atoms with van der Waals surface area (Å²) >= 11 is 0. The van der Waals surface area contributed by atoms with Gasteiger partial charge < -0.3 is 15.2 Å². The molecule has 106 valence electrons. The first-order chi connectivity index (χ1) is 9.10. The standard InChI is InChI=1S/C14H13FN2O2.ClH/c1-18-10-3-5-11(6-4-10)19-13-7-2-9(14(16)17)8-12(13)15;/h2-8H,1H3,(H3,16,17);1H. The number of nitrogens with one attached hydrogen (secondary N) is 1. The summed E-state index contributed by atoms with van der Waals surface area (Å²) < 4.78 is 24.2. The predicted molar refractivity (Wildman–Crippen MR) is 77.7 cm³/mol. The molecule has 0 atom stereocenters. The van der Waals surface area contributed by atoms with Crippen molar-refractivity contribution in [1.82, 2.24) is 0 Å². The van der Waals surface area contributed by atoms with E-state index in [0.29, 0.717) is 17.1 Å². The summed E-state index contributed by atoms with van der Waals surface area (Å²) in [6.45, 7) is 0. The molecule has 0 bridgehead atoms. The second-order valence-corrected chi connectivity index (χ2v) is 3.84. The van der Waals surface area contributed by atoms with E-state index in [4.69, 9.17) is 20.6 Å². The lowest BCUT2D eigenvalue weighted by atomic mass is 10.2. The Kier molecular flexibility index (Phi) is 5.34. The van der Waals surface area contributed by atoms with Crippen LogP contribution in [0, 0.1) is 11.2 Å². The summed E-state index contributed by atoms with van der Waals surface area (Å²) in [4.78, 5) is 0. The molecule has 0 radical (unpaired) electrons. The fraction of sp³-hybridized carbons (Fsp3) is 0.0714. The largest absolute Gasteiger partial charge is 0.497 e. The monoisotopic (exact) mass is 296 g/mol. The Hall–Kier alpha value is -2.27. The molecule has 0 aliphatic carbocycles. The van der Waals surface area contributed by atoms with Crippen molar-refractivity contribution < 1.29 is 13.9 Å². The van der Waals surface area contributed by atoms with E-state index in [1.165, 1.54) is 18.2 Å². The van der Waals surface area contributed by atoms with Gasteiger partial charge in [0.2, 0.25) is 0 Å². The maximum Gasteiger partial charge on any atom is 0.166 e. The first-order valence-electron chi connectivity index (χ1n) is 5.56. The molecule has 20 heavy (non-hydrogen) atoms. The van der Waals surface area contributed by atoms with E-state index >= 15 is 0 Å².